The van der Waals surface area contributed by atoms with Crippen LogP contribution in [0.1, 0.15) is 24.1 Å². The first-order valence-electron chi connectivity index (χ1n) is 13.4. The Hall–Kier alpha value is -4.97. The number of Topliss-reactive ketones (excluding diaryl/α,β-unsaturated/α-hetero) is 1. The van der Waals surface area contributed by atoms with Crippen LogP contribution in [0, 0.1) is 0 Å². The molecule has 0 saturated carbocycles. The van der Waals surface area contributed by atoms with Crippen LogP contribution >= 0.6 is 11.3 Å². The van der Waals surface area contributed by atoms with Crippen molar-refractivity contribution in [3.63, 3.8) is 0 Å². The zero-order valence-corrected chi connectivity index (χ0v) is 24.6. The van der Waals surface area contributed by atoms with E-state index in [1.54, 1.807) is 42.5 Å². The van der Waals surface area contributed by atoms with Crippen LogP contribution in [0.3, 0.4) is 0 Å². The first kappa shape index (κ1) is 28.2. The van der Waals surface area contributed by atoms with E-state index < -0.39 is 17.7 Å². The molecule has 6 rings (SSSR count). The number of carbonyl (C=O) groups excluding carboxylic acids is 2. The third kappa shape index (κ3) is 4.83. The molecule has 12 heteroatoms. The second-order valence-corrected chi connectivity index (χ2v) is 10.6. The highest BCUT2D eigenvalue weighted by atomic mass is 32.1. The number of nitrogens with zero attached hydrogens (tertiary/aromatic N) is 2. The number of aliphatic hydroxyl groups is 1. The lowest BCUT2D eigenvalue weighted by Crippen LogP contribution is -2.29. The van der Waals surface area contributed by atoms with Gasteiger partial charge in [0.2, 0.25) is 5.75 Å². The molecule has 2 aliphatic rings. The fourth-order valence-electron chi connectivity index (χ4n) is 5.20. The SMILES string of the molecule is CCOc1ccc2nc(N3C(=O)C(=O)/C(=C(/O)c4ccc5c(c4)OCCO5)[C@H]3c3cc(OC)c(OC)c(OC)c3)sc2c1. The Balaban J connectivity index is 1.57. The van der Waals surface area contributed by atoms with Gasteiger partial charge in [0.1, 0.15) is 24.7 Å². The minimum absolute atomic E-state index is 0.134. The largest absolute Gasteiger partial charge is 0.507 e. The third-order valence-electron chi connectivity index (χ3n) is 7.13. The number of aromatic nitrogens is 1. The predicted molar refractivity (Wildman–Crippen MR) is 159 cm³/mol. The highest BCUT2D eigenvalue weighted by molar-refractivity contribution is 7.22. The minimum atomic E-state index is -1.09. The maximum Gasteiger partial charge on any atom is 0.301 e. The lowest BCUT2D eigenvalue weighted by atomic mass is 9.94. The van der Waals surface area contributed by atoms with Gasteiger partial charge in [0, 0.05) is 5.56 Å². The van der Waals surface area contributed by atoms with Gasteiger partial charge in [-0.2, -0.15) is 0 Å². The number of hydrogen-bond acceptors (Lipinski definition) is 11. The number of ether oxygens (including phenoxy) is 6. The van der Waals surface area contributed by atoms with Crippen molar-refractivity contribution < 1.29 is 43.1 Å². The van der Waals surface area contributed by atoms with Crippen LogP contribution in [0.15, 0.2) is 54.1 Å². The highest BCUT2D eigenvalue weighted by Crippen LogP contribution is 2.48. The summed E-state index contributed by atoms with van der Waals surface area (Å²) >= 11 is 1.23. The van der Waals surface area contributed by atoms with Gasteiger partial charge >= 0.3 is 5.91 Å². The molecule has 0 unspecified atom stereocenters. The summed E-state index contributed by atoms with van der Waals surface area (Å²) in [5.74, 6) is 0.460. The molecule has 1 aromatic heterocycles. The average molecular weight is 605 g/mol. The molecule has 3 aromatic carbocycles. The molecule has 0 aliphatic carbocycles. The number of fused-ring (bicyclic) bond motifs is 2. The number of amides is 1. The van der Waals surface area contributed by atoms with Gasteiger partial charge in [0.05, 0.1) is 49.8 Å². The normalized spacial score (nSPS) is 17.3. The molecule has 4 aromatic rings. The Morgan fingerprint density at radius 3 is 2.37 bits per heavy atom. The molecule has 3 heterocycles. The van der Waals surface area contributed by atoms with E-state index in [0.29, 0.717) is 65.4 Å². The van der Waals surface area contributed by atoms with Gasteiger partial charge in [-0.25, -0.2) is 4.98 Å². The van der Waals surface area contributed by atoms with Crippen molar-refractivity contribution in [3.05, 3.63) is 65.2 Å². The van der Waals surface area contributed by atoms with E-state index in [4.69, 9.17) is 28.4 Å². The minimum Gasteiger partial charge on any atom is -0.507 e. The number of methoxy groups -OCH3 is 3. The van der Waals surface area contributed by atoms with Gasteiger partial charge in [-0.1, -0.05) is 11.3 Å². The van der Waals surface area contributed by atoms with Crippen LogP contribution in [0.4, 0.5) is 5.13 Å². The van der Waals surface area contributed by atoms with Gasteiger partial charge in [-0.15, -0.1) is 0 Å². The fraction of sp³-hybridized carbons (Fsp3) is 0.258. The third-order valence-corrected chi connectivity index (χ3v) is 8.15. The van der Waals surface area contributed by atoms with E-state index in [0.717, 1.165) is 4.70 Å². The summed E-state index contributed by atoms with van der Waals surface area (Å²) in [5, 5.41) is 11.9. The number of aliphatic hydroxyl groups excluding tert-OH is 1. The second kappa shape index (κ2) is 11.4. The van der Waals surface area contributed by atoms with E-state index in [-0.39, 0.29) is 22.0 Å². The van der Waals surface area contributed by atoms with Crippen molar-refractivity contribution in [2.75, 3.05) is 46.0 Å². The first-order valence-corrected chi connectivity index (χ1v) is 14.2. The van der Waals surface area contributed by atoms with Crippen LogP contribution < -0.4 is 33.3 Å². The fourth-order valence-corrected chi connectivity index (χ4v) is 6.22. The molecule has 1 amide bonds. The van der Waals surface area contributed by atoms with E-state index in [2.05, 4.69) is 4.98 Å². The number of thiazole rings is 1. The van der Waals surface area contributed by atoms with Crippen molar-refractivity contribution in [1.29, 1.82) is 0 Å². The second-order valence-electron chi connectivity index (χ2n) is 9.55. The van der Waals surface area contributed by atoms with Gasteiger partial charge < -0.3 is 33.5 Å². The monoisotopic (exact) mass is 604 g/mol. The van der Waals surface area contributed by atoms with Crippen molar-refractivity contribution in [2.24, 2.45) is 0 Å². The van der Waals surface area contributed by atoms with Gasteiger partial charge in [0.15, 0.2) is 28.1 Å². The first-order chi connectivity index (χ1) is 20.9. The molecule has 1 atom stereocenters. The van der Waals surface area contributed by atoms with Crippen LogP contribution in [-0.2, 0) is 9.59 Å². The smallest absolute Gasteiger partial charge is 0.301 e. The molecular weight excluding hydrogens is 576 g/mol. The Morgan fingerprint density at radius 1 is 0.977 bits per heavy atom. The molecule has 0 spiro atoms. The molecule has 1 fully saturated rings. The topological polar surface area (TPSA) is 126 Å². The number of carbonyl (C=O) groups is 2. The van der Waals surface area contributed by atoms with Gasteiger partial charge in [-0.05, 0) is 61.0 Å². The lowest BCUT2D eigenvalue weighted by Gasteiger charge is -2.25. The van der Waals surface area contributed by atoms with Crippen LogP contribution in [0.2, 0.25) is 0 Å². The Bertz CT molecular complexity index is 1760. The van der Waals surface area contributed by atoms with Crippen LogP contribution in [0.25, 0.3) is 16.0 Å². The van der Waals surface area contributed by atoms with E-state index in [1.165, 1.54) is 37.6 Å². The summed E-state index contributed by atoms with van der Waals surface area (Å²) < 4.78 is 34.3. The molecule has 11 nitrogen and oxygen atoms in total. The highest BCUT2D eigenvalue weighted by Gasteiger charge is 2.48. The van der Waals surface area contributed by atoms with E-state index in [9.17, 15) is 14.7 Å². The Kier molecular flexibility index (Phi) is 7.45. The van der Waals surface area contributed by atoms with Gasteiger partial charge in [0.25, 0.3) is 5.78 Å². The summed E-state index contributed by atoms with van der Waals surface area (Å²) in [6, 6.07) is 12.4. The lowest BCUT2D eigenvalue weighted by molar-refractivity contribution is -0.132. The molecular formula is C31H28N2O9S. The Labute approximate surface area is 250 Å². The number of benzene rings is 3. The number of hydrogen-bond donors (Lipinski definition) is 1. The number of anilines is 1. The van der Waals surface area contributed by atoms with E-state index in [1.807, 2.05) is 13.0 Å². The van der Waals surface area contributed by atoms with Crippen molar-refractivity contribution in [2.45, 2.75) is 13.0 Å². The van der Waals surface area contributed by atoms with Crippen molar-refractivity contribution in [3.8, 4) is 34.5 Å². The summed E-state index contributed by atoms with van der Waals surface area (Å²) in [5.41, 5.74) is 1.21. The maximum atomic E-state index is 13.8. The van der Waals surface area contributed by atoms with Crippen molar-refractivity contribution in [1.82, 2.24) is 4.98 Å². The molecule has 43 heavy (non-hydrogen) atoms. The number of rotatable bonds is 8. The average Bonchev–Trinajstić information content (AvgIpc) is 3.57. The number of ketones is 1. The summed E-state index contributed by atoms with van der Waals surface area (Å²) in [6.07, 6.45) is 0. The Morgan fingerprint density at radius 2 is 1.70 bits per heavy atom. The van der Waals surface area contributed by atoms with E-state index >= 15 is 0 Å². The summed E-state index contributed by atoms with van der Waals surface area (Å²) in [7, 11) is 4.42. The molecule has 222 valence electrons. The van der Waals surface area contributed by atoms with Crippen LogP contribution in [-0.4, -0.2) is 62.9 Å². The maximum absolute atomic E-state index is 13.8. The zero-order chi connectivity index (χ0) is 30.2. The molecule has 0 radical (unpaired) electrons. The van der Waals surface area contributed by atoms with Crippen molar-refractivity contribution >= 4 is 44.1 Å². The predicted octanol–water partition coefficient (Wildman–Crippen LogP) is 5.12. The molecule has 1 N–H and O–H groups in total. The zero-order valence-electron chi connectivity index (χ0n) is 23.8. The molecule has 1 saturated heterocycles. The van der Waals surface area contributed by atoms with Gasteiger partial charge in [-0.3, -0.25) is 14.5 Å². The van der Waals surface area contributed by atoms with Crippen LogP contribution in [0.5, 0.6) is 34.5 Å². The molecule has 0 bridgehead atoms. The molecule has 2 aliphatic heterocycles. The standard InChI is InChI=1S/C31H28N2O9S/c1-5-40-18-7-8-19-24(15-18)43-31(32-19)33-26(17-13-22(37-2)29(39-4)23(14-17)38-3)25(28(35)30(33)36)27(34)16-6-9-20-21(12-16)42-11-10-41-20/h6-9,12-15,26,34H,5,10-11H2,1-4H3/b27-25+/t26-/m1/s1. The quantitative estimate of drug-likeness (QED) is 0.165. The summed E-state index contributed by atoms with van der Waals surface area (Å²) in [4.78, 5) is 33.5. The summed E-state index contributed by atoms with van der Waals surface area (Å²) in [6.45, 7) is 3.13.